The van der Waals surface area contributed by atoms with E-state index in [0.717, 1.165) is 44.4 Å². The molecular weight excluding hydrogens is 689 g/mol. The van der Waals surface area contributed by atoms with Crippen LogP contribution >= 0.6 is 11.3 Å². The normalized spacial score (nSPS) is 12.0. The second kappa shape index (κ2) is 11.7. The Bertz CT molecular complexity index is 3480. The molecule has 8 aromatic carbocycles. The summed E-state index contributed by atoms with van der Waals surface area (Å²) in [4.78, 5) is 12.1. The molecule has 0 aliphatic heterocycles. The van der Waals surface area contributed by atoms with Gasteiger partial charge >= 0.3 is 0 Å². The van der Waals surface area contributed by atoms with Crippen molar-refractivity contribution in [3.05, 3.63) is 182 Å². The lowest BCUT2D eigenvalue weighted by Crippen LogP contribution is -2.03. The van der Waals surface area contributed by atoms with E-state index in [2.05, 4.69) is 191 Å². The Labute approximate surface area is 319 Å². The first kappa shape index (κ1) is 30.4. The van der Waals surface area contributed by atoms with Crippen LogP contribution in [0.3, 0.4) is 0 Å². The summed E-state index contributed by atoms with van der Waals surface area (Å²) < 4.78 is 5.98. The molecule has 0 aliphatic carbocycles. The minimum Gasteiger partial charge on any atom is -0.301 e. The van der Waals surface area contributed by atoms with E-state index >= 15 is 0 Å². The van der Waals surface area contributed by atoms with Crippen LogP contribution in [0.25, 0.3) is 109 Å². The fourth-order valence-electron chi connectivity index (χ4n) is 8.62. The number of aromatic nitrogens is 4. The van der Waals surface area contributed by atoms with Gasteiger partial charge in [0, 0.05) is 43.6 Å². The van der Waals surface area contributed by atoms with Crippen LogP contribution < -0.4 is 0 Å². The van der Waals surface area contributed by atoms with Crippen molar-refractivity contribution in [2.75, 3.05) is 0 Å². The van der Waals surface area contributed by atoms with Gasteiger partial charge in [-0.15, -0.1) is 11.3 Å². The van der Waals surface area contributed by atoms with E-state index in [0.29, 0.717) is 5.95 Å². The van der Waals surface area contributed by atoms with Gasteiger partial charge in [-0.3, -0.25) is 4.57 Å². The number of thiophene rings is 1. The largest absolute Gasteiger partial charge is 0.301 e. The van der Waals surface area contributed by atoms with Crippen LogP contribution in [-0.2, 0) is 0 Å². The minimum absolute atomic E-state index is 0.662. The zero-order valence-electron chi connectivity index (χ0n) is 29.5. The van der Waals surface area contributed by atoms with Crippen LogP contribution in [0.4, 0.5) is 0 Å². The van der Waals surface area contributed by atoms with E-state index in [9.17, 15) is 0 Å². The number of fused-ring (bicyclic) bond motifs is 11. The molecule has 0 bridgehead atoms. The molecule has 256 valence electrons. The van der Waals surface area contributed by atoms with Crippen molar-refractivity contribution in [2.45, 2.75) is 0 Å². The molecule has 0 unspecified atom stereocenters. The SMILES string of the molecule is c1ccc(-c2nc(-n3c4cc(-c5ccc6ccccc6c5)ccc4c4ccc5c(sc6c5c5ccccc5n6-c5ccccc5)c43)nc3ccccc23)cc1. The third kappa shape index (κ3) is 4.51. The Morgan fingerprint density at radius 2 is 1.09 bits per heavy atom. The number of para-hydroxylation sites is 3. The van der Waals surface area contributed by atoms with E-state index in [1.807, 2.05) is 11.3 Å². The highest BCUT2D eigenvalue weighted by Crippen LogP contribution is 2.47. The summed E-state index contributed by atoms with van der Waals surface area (Å²) in [6.07, 6.45) is 0. The van der Waals surface area contributed by atoms with Gasteiger partial charge in [-0.1, -0.05) is 146 Å². The number of hydrogen-bond donors (Lipinski definition) is 0. The number of rotatable bonds is 4. The van der Waals surface area contributed by atoms with Gasteiger partial charge in [-0.25, -0.2) is 9.97 Å². The molecule has 12 rings (SSSR count). The molecule has 4 nitrogen and oxygen atoms in total. The summed E-state index contributed by atoms with van der Waals surface area (Å²) in [6, 6.07) is 65.2. The predicted octanol–water partition coefficient (Wildman–Crippen LogP) is 13.5. The van der Waals surface area contributed by atoms with Gasteiger partial charge in [0.25, 0.3) is 0 Å². The maximum atomic E-state index is 5.47. The Balaban J connectivity index is 1.23. The molecule has 0 spiro atoms. The van der Waals surface area contributed by atoms with Crippen molar-refractivity contribution >= 4 is 86.0 Å². The van der Waals surface area contributed by atoms with Gasteiger partial charge in [0.05, 0.1) is 32.5 Å². The van der Waals surface area contributed by atoms with E-state index in [-0.39, 0.29) is 0 Å². The zero-order chi connectivity index (χ0) is 36.0. The Morgan fingerprint density at radius 1 is 0.418 bits per heavy atom. The standard InChI is InChI=1S/C50H30N4S/c1-3-14-32(15-4-1)46-39-19-9-11-21-42(39)51-50(52-46)54-44-30-35(34-24-23-31-13-7-8-16-33(31)29-34)25-26-37(44)38-27-28-41-45-40-20-10-12-22-43(40)53(36-17-5-2-6-18-36)49(45)55-48(41)47(38)54/h1-30H. The van der Waals surface area contributed by atoms with E-state index < -0.39 is 0 Å². The fraction of sp³-hybridized carbons (Fsp3) is 0. The topological polar surface area (TPSA) is 35.6 Å². The van der Waals surface area contributed by atoms with Crippen molar-refractivity contribution < 1.29 is 0 Å². The first-order chi connectivity index (χ1) is 27.3. The Morgan fingerprint density at radius 3 is 1.96 bits per heavy atom. The van der Waals surface area contributed by atoms with Crippen LogP contribution in [0.1, 0.15) is 0 Å². The molecule has 4 heterocycles. The van der Waals surface area contributed by atoms with Crippen molar-refractivity contribution in [2.24, 2.45) is 0 Å². The first-order valence-corrected chi connectivity index (χ1v) is 19.4. The van der Waals surface area contributed by atoms with Gasteiger partial charge in [0.15, 0.2) is 0 Å². The molecule has 0 aliphatic rings. The van der Waals surface area contributed by atoms with Gasteiger partial charge in [0.1, 0.15) is 4.83 Å². The quantitative estimate of drug-likeness (QED) is 0.182. The van der Waals surface area contributed by atoms with Crippen molar-refractivity contribution in [3.63, 3.8) is 0 Å². The average molecular weight is 719 g/mol. The Hall–Kier alpha value is -7.08. The monoisotopic (exact) mass is 718 g/mol. The molecule has 12 aromatic rings. The van der Waals surface area contributed by atoms with Crippen molar-refractivity contribution in [1.82, 2.24) is 19.1 Å². The highest BCUT2D eigenvalue weighted by atomic mass is 32.1. The van der Waals surface area contributed by atoms with Crippen molar-refractivity contribution in [1.29, 1.82) is 0 Å². The van der Waals surface area contributed by atoms with Gasteiger partial charge in [-0.2, -0.15) is 0 Å². The summed E-state index contributed by atoms with van der Waals surface area (Å²) in [7, 11) is 0. The molecule has 0 fully saturated rings. The lowest BCUT2D eigenvalue weighted by Gasteiger charge is -2.12. The summed E-state index contributed by atoms with van der Waals surface area (Å²) in [6.45, 7) is 0. The minimum atomic E-state index is 0.662. The predicted molar refractivity (Wildman–Crippen MR) is 232 cm³/mol. The van der Waals surface area contributed by atoms with E-state index in [1.54, 1.807) is 0 Å². The summed E-state index contributed by atoms with van der Waals surface area (Å²) in [5.74, 6) is 0.662. The molecule has 0 N–H and O–H groups in total. The third-order valence-corrected chi connectivity index (χ3v) is 12.3. The van der Waals surface area contributed by atoms with Crippen LogP contribution in [0.15, 0.2) is 182 Å². The molecule has 5 heteroatoms. The molecule has 0 atom stereocenters. The molecule has 4 aromatic heterocycles. The maximum Gasteiger partial charge on any atom is 0.235 e. The number of nitrogens with zero attached hydrogens (tertiary/aromatic N) is 4. The van der Waals surface area contributed by atoms with Gasteiger partial charge < -0.3 is 4.57 Å². The molecule has 0 saturated carbocycles. The fourth-order valence-corrected chi connectivity index (χ4v) is 10.0. The molecule has 0 radical (unpaired) electrons. The second-order valence-electron chi connectivity index (χ2n) is 14.2. The van der Waals surface area contributed by atoms with E-state index in [4.69, 9.17) is 9.97 Å². The molecule has 55 heavy (non-hydrogen) atoms. The average Bonchev–Trinajstić information content (AvgIpc) is 3.90. The smallest absolute Gasteiger partial charge is 0.235 e. The Kier molecular flexibility index (Phi) is 6.47. The summed E-state index contributed by atoms with van der Waals surface area (Å²) >= 11 is 1.86. The third-order valence-electron chi connectivity index (χ3n) is 11.1. The molecule has 0 amide bonds. The van der Waals surface area contributed by atoms with Crippen LogP contribution in [-0.4, -0.2) is 19.1 Å². The lowest BCUT2D eigenvalue weighted by molar-refractivity contribution is 1.02. The summed E-state index contributed by atoms with van der Waals surface area (Å²) in [5.41, 5.74) is 9.81. The molecular formula is C50H30N4S. The number of hydrogen-bond acceptors (Lipinski definition) is 3. The van der Waals surface area contributed by atoms with Crippen LogP contribution in [0, 0.1) is 0 Å². The van der Waals surface area contributed by atoms with Crippen LogP contribution in [0.2, 0.25) is 0 Å². The van der Waals surface area contributed by atoms with E-state index in [1.165, 1.54) is 58.3 Å². The van der Waals surface area contributed by atoms with Crippen LogP contribution in [0.5, 0.6) is 0 Å². The first-order valence-electron chi connectivity index (χ1n) is 18.6. The summed E-state index contributed by atoms with van der Waals surface area (Å²) in [5, 5.41) is 9.62. The highest BCUT2D eigenvalue weighted by molar-refractivity contribution is 7.26. The maximum absolute atomic E-state index is 5.47. The number of benzene rings is 8. The van der Waals surface area contributed by atoms with Gasteiger partial charge in [-0.05, 0) is 58.3 Å². The second-order valence-corrected chi connectivity index (χ2v) is 15.2. The zero-order valence-corrected chi connectivity index (χ0v) is 30.3. The highest BCUT2D eigenvalue weighted by Gasteiger charge is 2.24. The van der Waals surface area contributed by atoms with Gasteiger partial charge in [0.2, 0.25) is 5.95 Å². The lowest BCUT2D eigenvalue weighted by atomic mass is 10.00. The van der Waals surface area contributed by atoms with Crippen molar-refractivity contribution in [3.8, 4) is 34.0 Å². The molecule has 0 saturated heterocycles.